The molecule has 2 aromatic carbocycles. The first-order valence-electron chi connectivity index (χ1n) is 12.9. The summed E-state index contributed by atoms with van der Waals surface area (Å²) in [7, 11) is -1.25. The Morgan fingerprint density at radius 2 is 1.46 bits per heavy atom. The van der Waals surface area contributed by atoms with Crippen LogP contribution in [0.4, 0.5) is 4.79 Å². The molecule has 0 saturated heterocycles. The summed E-state index contributed by atoms with van der Waals surface area (Å²) in [5, 5.41) is 2.17. The molecule has 3 rings (SSSR count). The Morgan fingerprint density at radius 1 is 0.919 bits per heavy atom. The molecule has 0 fully saturated rings. The number of carbonyl (C=O) groups is 1. The van der Waals surface area contributed by atoms with Crippen molar-refractivity contribution in [2.75, 3.05) is 33.7 Å². The summed E-state index contributed by atoms with van der Waals surface area (Å²) in [6.07, 6.45) is 1.72. The van der Waals surface area contributed by atoms with Crippen LogP contribution in [0.25, 0.3) is 0 Å². The second kappa shape index (κ2) is 11.5. The van der Waals surface area contributed by atoms with Gasteiger partial charge < -0.3 is 18.6 Å². The van der Waals surface area contributed by atoms with Gasteiger partial charge in [0.15, 0.2) is 0 Å². The maximum Gasteiger partial charge on any atom is 0.411 e. The number of methoxy groups -OCH3 is 1. The highest BCUT2D eigenvalue weighted by atomic mass is 28.4. The molecule has 0 saturated carbocycles. The second-order valence-electron chi connectivity index (χ2n) is 11.9. The molecule has 1 aliphatic rings. The van der Waals surface area contributed by atoms with Crippen molar-refractivity contribution >= 4 is 24.8 Å². The first-order valence-corrected chi connectivity index (χ1v) is 14.8. The van der Waals surface area contributed by atoms with Crippen LogP contribution in [0.2, 0.25) is 5.04 Å². The Morgan fingerprint density at radius 3 is 1.92 bits per heavy atom. The van der Waals surface area contributed by atoms with Gasteiger partial charge in [0.05, 0.1) is 13.2 Å². The largest absolute Gasteiger partial charge is 0.444 e. The minimum absolute atomic E-state index is 0.121. The fourth-order valence-electron chi connectivity index (χ4n) is 5.13. The van der Waals surface area contributed by atoms with Gasteiger partial charge in [0.25, 0.3) is 8.32 Å². The molecular formula is C30H43NO5Si. The van der Waals surface area contributed by atoms with Crippen LogP contribution in [0.15, 0.2) is 72.3 Å². The highest BCUT2D eigenvalue weighted by Crippen LogP contribution is 2.39. The molecule has 2 aromatic rings. The topological polar surface area (TPSA) is 57.2 Å². The Balaban J connectivity index is 2.11. The van der Waals surface area contributed by atoms with Crippen molar-refractivity contribution in [3.8, 4) is 0 Å². The van der Waals surface area contributed by atoms with Crippen LogP contribution in [0.5, 0.6) is 0 Å². The van der Waals surface area contributed by atoms with Crippen molar-refractivity contribution in [3.05, 3.63) is 72.3 Å². The van der Waals surface area contributed by atoms with Crippen LogP contribution in [0.3, 0.4) is 0 Å². The van der Waals surface area contributed by atoms with Gasteiger partial charge in [-0.2, -0.15) is 0 Å². The molecule has 0 unspecified atom stereocenters. The Labute approximate surface area is 223 Å². The molecule has 0 aliphatic carbocycles. The lowest BCUT2D eigenvalue weighted by Crippen LogP contribution is -2.68. The highest BCUT2D eigenvalue weighted by Gasteiger charge is 2.53. The molecule has 0 spiro atoms. The number of nitrogens with zero attached hydrogens (tertiary/aromatic N) is 1. The number of benzene rings is 2. The molecule has 37 heavy (non-hydrogen) atoms. The molecule has 0 aromatic heterocycles. The zero-order valence-electron chi connectivity index (χ0n) is 23.7. The van der Waals surface area contributed by atoms with Gasteiger partial charge in [-0.05, 0) is 43.1 Å². The first-order chi connectivity index (χ1) is 17.3. The standard InChI is InChI=1S/C30H43NO5Si/c1-24-19-30(21-34-23-33-8,31(20-24)27(32)36-28(2,3)4)22-35-37(29(5,6)7,25-15-11-9-12-16-25)26-17-13-10-14-18-26/h9-19H,20-23H2,1-8H3/t30-/m0/s1. The van der Waals surface area contributed by atoms with E-state index >= 15 is 0 Å². The minimum atomic E-state index is -2.84. The Hall–Kier alpha value is -2.45. The maximum atomic E-state index is 13.5. The molecule has 0 bridgehead atoms. The van der Waals surface area contributed by atoms with E-state index in [4.69, 9.17) is 18.6 Å². The van der Waals surface area contributed by atoms with E-state index in [2.05, 4.69) is 75.4 Å². The predicted molar refractivity (Wildman–Crippen MR) is 151 cm³/mol. The highest BCUT2D eigenvalue weighted by molar-refractivity contribution is 6.99. The maximum absolute atomic E-state index is 13.5. The third-order valence-electron chi connectivity index (χ3n) is 6.58. The Kier molecular flexibility index (Phi) is 9.06. The van der Waals surface area contributed by atoms with Gasteiger partial charge in [-0.25, -0.2) is 4.79 Å². The van der Waals surface area contributed by atoms with E-state index in [1.54, 1.807) is 12.0 Å². The lowest BCUT2D eigenvalue weighted by atomic mass is 10.0. The zero-order chi connectivity index (χ0) is 27.3. The molecule has 0 radical (unpaired) electrons. The van der Waals surface area contributed by atoms with E-state index in [0.29, 0.717) is 6.54 Å². The van der Waals surface area contributed by atoms with Gasteiger partial charge in [0.1, 0.15) is 17.9 Å². The lowest BCUT2D eigenvalue weighted by molar-refractivity contribution is -0.0749. The normalized spacial score (nSPS) is 18.6. The van der Waals surface area contributed by atoms with E-state index in [1.165, 1.54) is 10.4 Å². The van der Waals surface area contributed by atoms with E-state index in [9.17, 15) is 4.79 Å². The van der Waals surface area contributed by atoms with Gasteiger partial charge in [0.2, 0.25) is 0 Å². The average Bonchev–Trinajstić information content (AvgIpc) is 3.15. The molecule has 6 nitrogen and oxygen atoms in total. The quantitative estimate of drug-likeness (QED) is 0.197. The summed E-state index contributed by atoms with van der Waals surface area (Å²) in [6.45, 7) is 15.5. The van der Waals surface area contributed by atoms with Crippen LogP contribution in [0, 0.1) is 0 Å². The smallest absolute Gasteiger partial charge is 0.411 e. The summed E-state index contributed by atoms with van der Waals surface area (Å²) < 4.78 is 24.2. The van der Waals surface area contributed by atoms with Crippen molar-refractivity contribution in [1.82, 2.24) is 4.90 Å². The van der Waals surface area contributed by atoms with Crippen molar-refractivity contribution < 1.29 is 23.4 Å². The predicted octanol–water partition coefficient (Wildman–Crippen LogP) is 5.12. The second-order valence-corrected chi connectivity index (χ2v) is 16.2. The van der Waals surface area contributed by atoms with Gasteiger partial charge in [-0.15, -0.1) is 0 Å². The molecule has 0 N–H and O–H groups in total. The van der Waals surface area contributed by atoms with Crippen LogP contribution >= 0.6 is 0 Å². The molecule has 1 aliphatic heterocycles. The van der Waals surface area contributed by atoms with E-state index in [-0.39, 0.29) is 31.1 Å². The van der Waals surface area contributed by atoms with Crippen LogP contribution in [0.1, 0.15) is 48.5 Å². The average molecular weight is 526 g/mol. The van der Waals surface area contributed by atoms with Gasteiger partial charge in [0, 0.05) is 13.7 Å². The Bertz CT molecular complexity index is 1020. The summed E-state index contributed by atoms with van der Waals surface area (Å²) >= 11 is 0. The number of hydrogen-bond acceptors (Lipinski definition) is 5. The van der Waals surface area contributed by atoms with Crippen molar-refractivity contribution in [1.29, 1.82) is 0 Å². The van der Waals surface area contributed by atoms with Gasteiger partial charge in [-0.3, -0.25) is 4.90 Å². The SMILES string of the molecule is COCOC[C@]1(CO[Si](c2ccccc2)(c2ccccc2)C(C)(C)C)C=C(C)CN1C(=O)OC(C)(C)C. The van der Waals surface area contributed by atoms with E-state index in [0.717, 1.165) is 5.57 Å². The minimum Gasteiger partial charge on any atom is -0.444 e. The van der Waals surface area contributed by atoms with Gasteiger partial charge >= 0.3 is 6.09 Å². The number of hydrogen-bond donors (Lipinski definition) is 0. The van der Waals surface area contributed by atoms with Crippen molar-refractivity contribution in [2.45, 2.75) is 64.6 Å². The molecular weight excluding hydrogens is 482 g/mol. The van der Waals surface area contributed by atoms with Crippen LogP contribution in [-0.2, 0) is 18.6 Å². The summed E-state index contributed by atoms with van der Waals surface area (Å²) in [5.41, 5.74) is -0.387. The first kappa shape index (κ1) is 29.1. The van der Waals surface area contributed by atoms with E-state index < -0.39 is 19.5 Å². The van der Waals surface area contributed by atoms with Crippen LogP contribution in [-0.4, -0.2) is 64.1 Å². The fraction of sp³-hybridized carbons (Fsp3) is 0.500. The molecule has 1 atom stereocenters. The summed E-state index contributed by atoms with van der Waals surface area (Å²) in [5.74, 6) is 0. The summed E-state index contributed by atoms with van der Waals surface area (Å²) in [4.78, 5) is 15.2. The van der Waals surface area contributed by atoms with Crippen molar-refractivity contribution in [2.24, 2.45) is 0 Å². The number of amides is 1. The monoisotopic (exact) mass is 525 g/mol. The molecule has 1 heterocycles. The summed E-state index contributed by atoms with van der Waals surface area (Å²) in [6, 6.07) is 21.0. The molecule has 7 heteroatoms. The van der Waals surface area contributed by atoms with Crippen LogP contribution < -0.4 is 10.4 Å². The zero-order valence-corrected chi connectivity index (χ0v) is 24.7. The number of ether oxygens (including phenoxy) is 3. The lowest BCUT2D eigenvalue weighted by Gasteiger charge is -2.46. The third kappa shape index (κ3) is 6.52. The molecule has 202 valence electrons. The van der Waals surface area contributed by atoms with E-state index in [1.807, 2.05) is 39.8 Å². The fourth-order valence-corrected chi connectivity index (χ4v) is 9.75. The molecule has 1 amide bonds. The number of carbonyl (C=O) groups excluding carboxylic acids is 1. The van der Waals surface area contributed by atoms with Crippen molar-refractivity contribution in [3.63, 3.8) is 0 Å². The third-order valence-corrected chi connectivity index (χ3v) is 11.6. The number of rotatable bonds is 9. The van der Waals surface area contributed by atoms with Gasteiger partial charge in [-0.1, -0.05) is 93.1 Å².